The van der Waals surface area contributed by atoms with E-state index < -0.39 is 5.79 Å². The molecule has 0 rings (SSSR count). The molecular formula is C17H36O4. The Morgan fingerprint density at radius 2 is 1.05 bits per heavy atom. The summed E-state index contributed by atoms with van der Waals surface area (Å²) in [5, 5.41) is 0. The van der Waals surface area contributed by atoms with E-state index in [0.29, 0.717) is 6.42 Å². The second-order valence-electron chi connectivity index (χ2n) is 6.93. The third-order valence-electron chi connectivity index (χ3n) is 3.99. The standard InChI is InChI=1S/C17H36O4/c1-9-13-14-17(12-4,20-18-15(5,6)10-2)21-19-16(7,8)11-3/h9-14H2,1-8H3. The zero-order chi connectivity index (χ0) is 16.6. The van der Waals surface area contributed by atoms with Crippen molar-refractivity contribution in [2.45, 2.75) is 111 Å². The predicted octanol–water partition coefficient (Wildman–Crippen LogP) is 5.56. The summed E-state index contributed by atoms with van der Waals surface area (Å²) in [6.07, 6.45) is 5.22. The van der Waals surface area contributed by atoms with E-state index in [1.165, 1.54) is 0 Å². The van der Waals surface area contributed by atoms with Crippen LogP contribution in [0.25, 0.3) is 0 Å². The molecule has 0 amide bonds. The molecule has 0 aliphatic heterocycles. The van der Waals surface area contributed by atoms with Gasteiger partial charge in [0.1, 0.15) is 0 Å². The van der Waals surface area contributed by atoms with Gasteiger partial charge in [-0.25, -0.2) is 9.78 Å². The number of unbranched alkanes of at least 4 members (excludes halogenated alkanes) is 1. The van der Waals surface area contributed by atoms with Crippen LogP contribution in [0.5, 0.6) is 0 Å². The minimum Gasteiger partial charge on any atom is -0.228 e. The van der Waals surface area contributed by atoms with Crippen molar-refractivity contribution in [2.24, 2.45) is 0 Å². The lowest BCUT2D eigenvalue weighted by Crippen LogP contribution is -2.41. The summed E-state index contributed by atoms with van der Waals surface area (Å²) in [6.45, 7) is 16.3. The molecule has 0 aromatic rings. The van der Waals surface area contributed by atoms with E-state index in [2.05, 4.69) is 20.8 Å². The largest absolute Gasteiger partial charge is 0.233 e. The first kappa shape index (κ1) is 20.8. The first-order chi connectivity index (χ1) is 9.66. The van der Waals surface area contributed by atoms with E-state index in [9.17, 15) is 0 Å². The van der Waals surface area contributed by atoms with Gasteiger partial charge < -0.3 is 0 Å². The van der Waals surface area contributed by atoms with Crippen molar-refractivity contribution in [1.29, 1.82) is 0 Å². The summed E-state index contributed by atoms with van der Waals surface area (Å²) in [5.74, 6) is -0.838. The molecular weight excluding hydrogens is 268 g/mol. The maximum Gasteiger partial charge on any atom is 0.233 e. The maximum atomic E-state index is 5.73. The van der Waals surface area contributed by atoms with Crippen LogP contribution in [0.1, 0.15) is 93.9 Å². The molecule has 0 aliphatic rings. The van der Waals surface area contributed by atoms with Gasteiger partial charge in [0.05, 0.1) is 11.2 Å². The van der Waals surface area contributed by atoms with Crippen molar-refractivity contribution in [3.8, 4) is 0 Å². The second-order valence-corrected chi connectivity index (χ2v) is 6.93. The molecule has 0 fully saturated rings. The number of hydrogen-bond donors (Lipinski definition) is 0. The van der Waals surface area contributed by atoms with Crippen molar-refractivity contribution in [3.63, 3.8) is 0 Å². The van der Waals surface area contributed by atoms with Crippen LogP contribution < -0.4 is 0 Å². The van der Waals surface area contributed by atoms with Gasteiger partial charge in [0, 0.05) is 12.8 Å². The van der Waals surface area contributed by atoms with E-state index in [-0.39, 0.29) is 11.2 Å². The van der Waals surface area contributed by atoms with Gasteiger partial charge in [-0.3, -0.25) is 0 Å². The topological polar surface area (TPSA) is 36.9 Å². The normalized spacial score (nSPS) is 13.7. The van der Waals surface area contributed by atoms with Crippen molar-refractivity contribution in [3.05, 3.63) is 0 Å². The fourth-order valence-corrected chi connectivity index (χ4v) is 1.33. The zero-order valence-electron chi connectivity index (χ0n) is 15.4. The van der Waals surface area contributed by atoms with E-state index in [1.54, 1.807) is 0 Å². The van der Waals surface area contributed by atoms with Crippen molar-refractivity contribution in [1.82, 2.24) is 0 Å². The first-order valence-electron chi connectivity index (χ1n) is 8.39. The number of hydrogen-bond acceptors (Lipinski definition) is 4. The van der Waals surface area contributed by atoms with Crippen molar-refractivity contribution < 1.29 is 19.6 Å². The van der Waals surface area contributed by atoms with Gasteiger partial charge in [-0.05, 0) is 47.0 Å². The van der Waals surface area contributed by atoms with Crippen molar-refractivity contribution >= 4 is 0 Å². The fraction of sp³-hybridized carbons (Fsp3) is 1.00. The highest BCUT2D eigenvalue weighted by Gasteiger charge is 2.37. The average Bonchev–Trinajstić information content (AvgIpc) is 2.47. The highest BCUT2D eigenvalue weighted by molar-refractivity contribution is 4.69. The Bertz CT molecular complexity index is 254. The lowest BCUT2D eigenvalue weighted by atomic mass is 10.1. The Morgan fingerprint density at radius 1 is 0.619 bits per heavy atom. The molecule has 0 saturated heterocycles. The van der Waals surface area contributed by atoms with Crippen LogP contribution in [0, 0.1) is 0 Å². The Kier molecular flexibility index (Phi) is 9.02. The highest BCUT2D eigenvalue weighted by atomic mass is 17.3. The van der Waals surface area contributed by atoms with Gasteiger partial charge in [-0.1, -0.05) is 34.1 Å². The summed E-state index contributed by atoms with van der Waals surface area (Å²) in [4.78, 5) is 22.7. The minimum atomic E-state index is -0.838. The van der Waals surface area contributed by atoms with Gasteiger partial charge in [-0.2, -0.15) is 9.78 Å². The number of rotatable bonds is 12. The van der Waals surface area contributed by atoms with Crippen LogP contribution in [0.4, 0.5) is 0 Å². The Balaban J connectivity index is 4.81. The third kappa shape index (κ3) is 8.15. The zero-order valence-corrected chi connectivity index (χ0v) is 15.4. The minimum absolute atomic E-state index is 0.337. The Labute approximate surface area is 131 Å². The summed E-state index contributed by atoms with van der Waals surface area (Å²) >= 11 is 0. The smallest absolute Gasteiger partial charge is 0.228 e. The molecule has 0 aromatic carbocycles. The van der Waals surface area contributed by atoms with Crippen molar-refractivity contribution in [2.75, 3.05) is 0 Å². The molecule has 0 unspecified atom stereocenters. The summed E-state index contributed by atoms with van der Waals surface area (Å²) in [6, 6.07) is 0. The van der Waals surface area contributed by atoms with Crippen LogP contribution in [0.15, 0.2) is 0 Å². The predicted molar refractivity (Wildman–Crippen MR) is 85.6 cm³/mol. The van der Waals surface area contributed by atoms with Crippen LogP contribution >= 0.6 is 0 Å². The molecule has 0 radical (unpaired) electrons. The average molecular weight is 304 g/mol. The molecule has 0 bridgehead atoms. The molecule has 0 heterocycles. The lowest BCUT2D eigenvalue weighted by Gasteiger charge is -2.36. The van der Waals surface area contributed by atoms with E-state index >= 15 is 0 Å². The summed E-state index contributed by atoms with van der Waals surface area (Å²) < 4.78 is 0. The molecule has 0 saturated carbocycles. The van der Waals surface area contributed by atoms with E-state index in [1.807, 2.05) is 34.6 Å². The molecule has 0 atom stereocenters. The second kappa shape index (κ2) is 9.09. The Morgan fingerprint density at radius 3 is 1.33 bits per heavy atom. The van der Waals surface area contributed by atoms with Gasteiger partial charge in [0.15, 0.2) is 0 Å². The SMILES string of the molecule is CCCCC(CC)(OOC(C)(C)CC)OOC(C)(C)CC. The molecule has 0 aromatic heterocycles. The van der Waals surface area contributed by atoms with E-state index in [0.717, 1.165) is 32.1 Å². The molecule has 4 heteroatoms. The lowest BCUT2D eigenvalue weighted by molar-refractivity contribution is -0.545. The van der Waals surface area contributed by atoms with Gasteiger partial charge in [-0.15, -0.1) is 0 Å². The van der Waals surface area contributed by atoms with Crippen LogP contribution in [0.3, 0.4) is 0 Å². The quantitative estimate of drug-likeness (QED) is 0.269. The molecule has 4 nitrogen and oxygen atoms in total. The maximum absolute atomic E-state index is 5.73. The van der Waals surface area contributed by atoms with Gasteiger partial charge in [0.25, 0.3) is 0 Å². The van der Waals surface area contributed by atoms with Gasteiger partial charge in [0.2, 0.25) is 5.79 Å². The molecule has 0 aliphatic carbocycles. The molecule has 0 spiro atoms. The van der Waals surface area contributed by atoms with Crippen LogP contribution in [-0.4, -0.2) is 17.0 Å². The Hall–Kier alpha value is -0.160. The monoisotopic (exact) mass is 304 g/mol. The van der Waals surface area contributed by atoms with Crippen LogP contribution in [-0.2, 0) is 19.6 Å². The fourth-order valence-electron chi connectivity index (χ4n) is 1.33. The molecule has 0 N–H and O–H groups in total. The first-order valence-corrected chi connectivity index (χ1v) is 8.39. The van der Waals surface area contributed by atoms with E-state index in [4.69, 9.17) is 19.6 Å². The third-order valence-corrected chi connectivity index (χ3v) is 3.99. The summed E-state index contributed by atoms with van der Waals surface area (Å²) in [5.41, 5.74) is -0.674. The molecule has 21 heavy (non-hydrogen) atoms. The van der Waals surface area contributed by atoms with Gasteiger partial charge >= 0.3 is 0 Å². The highest BCUT2D eigenvalue weighted by Crippen LogP contribution is 2.31. The molecule has 128 valence electrons. The van der Waals surface area contributed by atoms with Crippen LogP contribution in [0.2, 0.25) is 0 Å². The summed E-state index contributed by atoms with van der Waals surface area (Å²) in [7, 11) is 0.